The first kappa shape index (κ1) is 30.0. The van der Waals surface area contributed by atoms with Gasteiger partial charge in [-0.1, -0.05) is 13.3 Å². The van der Waals surface area contributed by atoms with Gasteiger partial charge in [0.05, 0.1) is 37.6 Å². The molecule has 40 heavy (non-hydrogen) atoms. The second-order valence-electron chi connectivity index (χ2n) is 10.1. The number of likely N-dealkylation sites (N-methyl/N-ethyl adjacent to an activating group) is 1. The lowest BCUT2D eigenvalue weighted by molar-refractivity contribution is -0.116. The Labute approximate surface area is 238 Å². The number of ether oxygens (including phenoxy) is 3. The van der Waals surface area contributed by atoms with E-state index in [1.54, 1.807) is 37.8 Å². The van der Waals surface area contributed by atoms with Crippen LogP contribution < -0.4 is 24.4 Å². The number of aryl methyl sites for hydroxylation is 1. The molecule has 0 aliphatic carbocycles. The molecular formula is C29H42N4O6S. The molecule has 2 aromatic rings. The molecule has 2 saturated heterocycles. The highest BCUT2D eigenvalue weighted by Gasteiger charge is 2.28. The van der Waals surface area contributed by atoms with Crippen LogP contribution in [0.25, 0.3) is 0 Å². The molecule has 220 valence electrons. The maximum absolute atomic E-state index is 13.4. The number of carbonyl (C=O) groups excluding carboxylic acids is 1. The molecule has 0 aromatic heterocycles. The fraction of sp³-hybridized carbons (Fsp3) is 0.552. The second kappa shape index (κ2) is 13.6. The molecule has 10 nitrogen and oxygen atoms in total. The number of piperazine rings is 1. The van der Waals surface area contributed by atoms with E-state index in [4.69, 9.17) is 14.2 Å². The van der Waals surface area contributed by atoms with Crippen molar-refractivity contribution in [2.75, 3.05) is 77.4 Å². The van der Waals surface area contributed by atoms with Crippen molar-refractivity contribution in [2.24, 2.45) is 0 Å². The molecule has 4 rings (SSSR count). The Kier molecular flexibility index (Phi) is 10.2. The molecule has 1 amide bonds. The molecular weight excluding hydrogens is 532 g/mol. The van der Waals surface area contributed by atoms with Crippen molar-refractivity contribution in [1.82, 2.24) is 9.21 Å². The van der Waals surface area contributed by atoms with Crippen LogP contribution in [0.15, 0.2) is 35.2 Å². The minimum Gasteiger partial charge on any atom is -0.493 e. The van der Waals surface area contributed by atoms with E-state index in [-0.39, 0.29) is 17.2 Å². The minimum absolute atomic E-state index is 0.199. The monoisotopic (exact) mass is 574 g/mol. The Bertz CT molecular complexity index is 1250. The van der Waals surface area contributed by atoms with Crippen LogP contribution in [0.3, 0.4) is 0 Å². The summed E-state index contributed by atoms with van der Waals surface area (Å²) < 4.78 is 44.7. The van der Waals surface area contributed by atoms with E-state index >= 15 is 0 Å². The van der Waals surface area contributed by atoms with Gasteiger partial charge in [0, 0.05) is 45.7 Å². The summed E-state index contributed by atoms with van der Waals surface area (Å²) in [5.74, 6) is 1.36. The number of nitrogens with one attached hydrogen (secondary N) is 1. The Balaban J connectivity index is 1.56. The fourth-order valence-corrected chi connectivity index (χ4v) is 6.90. The number of benzene rings is 2. The van der Waals surface area contributed by atoms with Crippen LogP contribution in [0.5, 0.6) is 17.2 Å². The topological polar surface area (TPSA) is 101 Å². The molecule has 0 radical (unpaired) electrons. The number of piperidine rings is 1. The first-order chi connectivity index (χ1) is 19.3. The third kappa shape index (κ3) is 6.82. The Morgan fingerprint density at radius 1 is 0.875 bits per heavy atom. The van der Waals surface area contributed by atoms with Gasteiger partial charge in [0.15, 0.2) is 11.5 Å². The third-order valence-electron chi connectivity index (χ3n) is 7.72. The average Bonchev–Trinajstić information content (AvgIpc) is 2.99. The van der Waals surface area contributed by atoms with Gasteiger partial charge in [-0.15, -0.1) is 0 Å². The molecule has 0 spiro atoms. The van der Waals surface area contributed by atoms with Crippen molar-refractivity contribution in [2.45, 2.75) is 43.9 Å². The first-order valence-corrected chi connectivity index (χ1v) is 15.4. The van der Waals surface area contributed by atoms with Crippen molar-refractivity contribution in [3.05, 3.63) is 35.9 Å². The Hall–Kier alpha value is -3.02. The summed E-state index contributed by atoms with van der Waals surface area (Å²) in [5.41, 5.74) is 2.23. The van der Waals surface area contributed by atoms with Crippen LogP contribution in [0.1, 0.15) is 38.2 Å². The van der Waals surface area contributed by atoms with Gasteiger partial charge in [0.1, 0.15) is 0 Å². The van der Waals surface area contributed by atoms with Crippen LogP contribution in [0, 0.1) is 0 Å². The summed E-state index contributed by atoms with van der Waals surface area (Å²) in [6.45, 7) is 7.64. The highest BCUT2D eigenvalue weighted by Crippen LogP contribution is 2.38. The SMILES string of the molecule is CCN1CCN(c2ccc(S(=O)(=O)N3CCCCC3)cc2NC(=O)CCc2cc(OC)c(OC)c(OC)c2)CC1. The van der Waals surface area contributed by atoms with E-state index in [1.165, 1.54) is 0 Å². The highest BCUT2D eigenvalue weighted by molar-refractivity contribution is 7.89. The minimum atomic E-state index is -3.64. The summed E-state index contributed by atoms with van der Waals surface area (Å²) in [6, 6.07) is 8.81. The molecule has 11 heteroatoms. The molecule has 2 aliphatic rings. The maximum atomic E-state index is 13.4. The Morgan fingerprint density at radius 2 is 1.52 bits per heavy atom. The summed E-state index contributed by atoms with van der Waals surface area (Å²) in [4.78, 5) is 18.0. The van der Waals surface area contributed by atoms with Gasteiger partial charge in [-0.25, -0.2) is 8.42 Å². The smallest absolute Gasteiger partial charge is 0.243 e. The fourth-order valence-electron chi connectivity index (χ4n) is 5.36. The third-order valence-corrected chi connectivity index (χ3v) is 9.61. The van der Waals surface area contributed by atoms with Gasteiger partial charge < -0.3 is 29.3 Å². The van der Waals surface area contributed by atoms with Gasteiger partial charge in [0.2, 0.25) is 21.7 Å². The van der Waals surface area contributed by atoms with Gasteiger partial charge in [-0.05, 0) is 61.7 Å². The number of carbonyl (C=O) groups is 1. The molecule has 2 aliphatic heterocycles. The molecule has 2 heterocycles. The number of nitrogens with zero attached hydrogens (tertiary/aromatic N) is 3. The van der Waals surface area contributed by atoms with Crippen LogP contribution >= 0.6 is 0 Å². The van der Waals surface area contributed by atoms with Crippen LogP contribution in [-0.2, 0) is 21.2 Å². The number of anilines is 2. The summed E-state index contributed by atoms with van der Waals surface area (Å²) in [6.07, 6.45) is 3.42. The molecule has 0 bridgehead atoms. The molecule has 0 saturated carbocycles. The second-order valence-corrected chi connectivity index (χ2v) is 12.1. The van der Waals surface area contributed by atoms with Crippen LogP contribution in [-0.4, -0.2) is 90.7 Å². The number of amides is 1. The number of hydrogen-bond acceptors (Lipinski definition) is 8. The number of hydrogen-bond donors (Lipinski definition) is 1. The van der Waals surface area contributed by atoms with Crippen molar-refractivity contribution < 1.29 is 27.4 Å². The molecule has 2 aromatic carbocycles. The predicted octanol–water partition coefficient (Wildman–Crippen LogP) is 3.60. The largest absolute Gasteiger partial charge is 0.493 e. The van der Waals surface area contributed by atoms with E-state index in [2.05, 4.69) is 22.0 Å². The van der Waals surface area contributed by atoms with Crippen molar-refractivity contribution in [3.8, 4) is 17.2 Å². The molecule has 0 unspecified atom stereocenters. The van der Waals surface area contributed by atoms with Crippen molar-refractivity contribution >= 4 is 27.3 Å². The van der Waals surface area contributed by atoms with Gasteiger partial charge in [-0.2, -0.15) is 4.31 Å². The summed E-state index contributed by atoms with van der Waals surface area (Å²) in [7, 11) is 1.02. The average molecular weight is 575 g/mol. The highest BCUT2D eigenvalue weighted by atomic mass is 32.2. The van der Waals surface area contributed by atoms with Gasteiger partial charge in [0.25, 0.3) is 0 Å². The quantitative estimate of drug-likeness (QED) is 0.435. The van der Waals surface area contributed by atoms with Crippen molar-refractivity contribution in [3.63, 3.8) is 0 Å². The predicted molar refractivity (Wildman–Crippen MR) is 156 cm³/mol. The standard InChI is InChI=1S/C29H42N4O6S/c1-5-31-15-17-32(18-16-31)25-11-10-23(40(35,36)33-13-7-6-8-14-33)21-24(25)30-28(34)12-9-22-19-26(37-2)29(39-4)27(20-22)38-3/h10-11,19-21H,5-9,12-18H2,1-4H3,(H,30,34). The van der Waals surface area contributed by atoms with Gasteiger partial charge >= 0.3 is 0 Å². The normalized spacial score (nSPS) is 16.9. The van der Waals surface area contributed by atoms with E-state index in [9.17, 15) is 13.2 Å². The zero-order chi connectivity index (χ0) is 28.7. The van der Waals surface area contributed by atoms with Crippen molar-refractivity contribution in [1.29, 1.82) is 0 Å². The Morgan fingerprint density at radius 3 is 2.10 bits per heavy atom. The summed E-state index contributed by atoms with van der Waals surface area (Å²) in [5, 5.41) is 3.03. The van der Waals surface area contributed by atoms with Gasteiger partial charge in [-0.3, -0.25) is 4.79 Å². The molecule has 0 atom stereocenters. The number of sulfonamides is 1. The van der Waals surface area contributed by atoms with E-state index in [0.717, 1.165) is 63.2 Å². The van der Waals surface area contributed by atoms with E-state index < -0.39 is 10.0 Å². The zero-order valence-corrected chi connectivity index (χ0v) is 24.9. The maximum Gasteiger partial charge on any atom is 0.243 e. The number of methoxy groups -OCH3 is 3. The number of rotatable bonds is 11. The molecule has 1 N–H and O–H groups in total. The van der Waals surface area contributed by atoms with Crippen LogP contribution in [0.4, 0.5) is 11.4 Å². The molecule has 2 fully saturated rings. The van der Waals surface area contributed by atoms with E-state index in [0.29, 0.717) is 42.4 Å². The lowest BCUT2D eigenvalue weighted by atomic mass is 10.1. The zero-order valence-electron chi connectivity index (χ0n) is 24.1. The lowest BCUT2D eigenvalue weighted by Gasteiger charge is -2.36. The summed E-state index contributed by atoms with van der Waals surface area (Å²) >= 11 is 0. The van der Waals surface area contributed by atoms with E-state index in [1.807, 2.05) is 18.2 Å². The lowest BCUT2D eigenvalue weighted by Crippen LogP contribution is -2.46. The first-order valence-electron chi connectivity index (χ1n) is 14.0. The van der Waals surface area contributed by atoms with Crippen LogP contribution in [0.2, 0.25) is 0 Å².